The predicted octanol–water partition coefficient (Wildman–Crippen LogP) is 13.5. The second kappa shape index (κ2) is 39.6. The average Bonchev–Trinajstić information content (AvgIpc) is 3.18. The zero-order chi connectivity index (χ0) is 43.0. The van der Waals surface area contributed by atoms with Crippen LogP contribution < -0.4 is 10.6 Å². The molecule has 0 aliphatic rings. The number of halogens is 6. The molecule has 0 bridgehead atoms. The molecule has 0 fully saturated rings. The number of unbranched alkanes of at least 4 members (excludes halogenated alkanes) is 27. The Kier molecular flexibility index (Phi) is 38.5. The predicted molar refractivity (Wildman–Crippen MR) is 230 cm³/mol. The molecule has 0 heterocycles. The summed E-state index contributed by atoms with van der Waals surface area (Å²) in [7, 11) is 0. The van der Waals surface area contributed by atoms with E-state index in [2.05, 4.69) is 23.6 Å². The molecule has 346 valence electrons. The normalized spacial score (nSPS) is 12.2. The van der Waals surface area contributed by atoms with E-state index in [-0.39, 0.29) is 13.1 Å². The fraction of sp³-hybridized carbons (Fsp3) is 0.957. The second-order valence-electron chi connectivity index (χ2n) is 16.8. The van der Waals surface area contributed by atoms with Gasteiger partial charge in [0.2, 0.25) is 0 Å². The number of rotatable bonds is 43. The topological polar surface area (TPSA) is 64.7 Å². The Morgan fingerprint density at radius 1 is 0.328 bits per heavy atom. The van der Waals surface area contributed by atoms with Crippen molar-refractivity contribution in [2.45, 2.75) is 232 Å². The number of amides is 2. The highest BCUT2D eigenvalue weighted by Gasteiger charge is 2.38. The zero-order valence-electron chi connectivity index (χ0n) is 37.3. The van der Waals surface area contributed by atoms with Crippen LogP contribution in [-0.4, -0.2) is 86.3 Å². The maximum absolute atomic E-state index is 12.6. The first-order chi connectivity index (χ1) is 27.9. The Hall–Kier alpha value is -1.56. The van der Waals surface area contributed by atoms with Gasteiger partial charge >= 0.3 is 24.2 Å². The lowest BCUT2D eigenvalue weighted by atomic mass is 10.0. The van der Waals surface area contributed by atoms with Gasteiger partial charge in [-0.05, 0) is 77.8 Å². The van der Waals surface area contributed by atoms with Gasteiger partial charge in [-0.1, -0.05) is 181 Å². The van der Waals surface area contributed by atoms with Gasteiger partial charge in [-0.15, -0.1) is 0 Å². The quantitative estimate of drug-likeness (QED) is 0.0474. The van der Waals surface area contributed by atoms with Crippen LogP contribution in [0.4, 0.5) is 26.3 Å². The van der Waals surface area contributed by atoms with Gasteiger partial charge in [0.15, 0.2) is 0 Å². The molecular weight excluding hydrogens is 755 g/mol. The van der Waals surface area contributed by atoms with Crippen molar-refractivity contribution >= 4 is 11.8 Å². The maximum atomic E-state index is 12.6. The molecule has 0 aromatic rings. The molecule has 0 spiro atoms. The van der Waals surface area contributed by atoms with Gasteiger partial charge in [0.25, 0.3) is 0 Å². The molecule has 2 N–H and O–H groups in total. The van der Waals surface area contributed by atoms with E-state index in [0.29, 0.717) is 25.9 Å². The summed E-state index contributed by atoms with van der Waals surface area (Å²) in [5.74, 6) is -3.80. The van der Waals surface area contributed by atoms with E-state index in [1.807, 2.05) is 10.6 Å². The van der Waals surface area contributed by atoms with Gasteiger partial charge in [-0.2, -0.15) is 26.3 Å². The van der Waals surface area contributed by atoms with Gasteiger partial charge in [-0.25, -0.2) is 0 Å². The van der Waals surface area contributed by atoms with Crippen LogP contribution in [0.2, 0.25) is 0 Å². The molecule has 2 amide bonds. The van der Waals surface area contributed by atoms with E-state index >= 15 is 0 Å². The molecule has 0 atom stereocenters. The van der Waals surface area contributed by atoms with Crippen LogP contribution in [0.3, 0.4) is 0 Å². The van der Waals surface area contributed by atoms with Crippen molar-refractivity contribution in [3.05, 3.63) is 0 Å². The molecule has 12 heteroatoms. The Balaban J connectivity index is 4.66. The lowest BCUT2D eigenvalue weighted by Gasteiger charge is -2.25. The molecule has 0 saturated heterocycles. The zero-order valence-corrected chi connectivity index (χ0v) is 37.3. The summed E-state index contributed by atoms with van der Waals surface area (Å²) >= 11 is 0. The summed E-state index contributed by atoms with van der Waals surface area (Å²) in [4.78, 5) is 27.1. The van der Waals surface area contributed by atoms with E-state index in [9.17, 15) is 35.9 Å². The van der Waals surface area contributed by atoms with Crippen molar-refractivity contribution < 1.29 is 35.9 Å². The molecule has 58 heavy (non-hydrogen) atoms. The number of nitrogens with one attached hydrogen (secondary N) is 2. The van der Waals surface area contributed by atoms with Crippen LogP contribution in [0, 0.1) is 0 Å². The third-order valence-electron chi connectivity index (χ3n) is 11.2. The summed E-state index contributed by atoms with van der Waals surface area (Å²) in [6.45, 7) is 9.01. The highest BCUT2D eigenvalue weighted by Crippen LogP contribution is 2.17. The lowest BCUT2D eigenvalue weighted by Crippen LogP contribution is -2.38. The number of carbonyl (C=O) groups is 2. The van der Waals surface area contributed by atoms with E-state index in [0.717, 1.165) is 64.7 Å². The van der Waals surface area contributed by atoms with E-state index < -0.39 is 24.2 Å². The second-order valence-corrected chi connectivity index (χ2v) is 16.8. The minimum absolute atomic E-state index is 0.0224. The number of hydrogen-bond donors (Lipinski definition) is 2. The molecule has 0 aliphatic carbocycles. The molecule has 0 aromatic heterocycles. The van der Waals surface area contributed by atoms with Crippen molar-refractivity contribution in [1.29, 1.82) is 0 Å². The van der Waals surface area contributed by atoms with Crippen molar-refractivity contribution in [3.63, 3.8) is 0 Å². The first kappa shape index (κ1) is 56.4. The molecule has 0 unspecified atom stereocenters. The summed E-state index contributed by atoms with van der Waals surface area (Å²) in [6, 6.07) is 0. The van der Waals surface area contributed by atoms with E-state index in [1.54, 1.807) is 0 Å². The number of carbonyl (C=O) groups excluding carboxylic acids is 2. The van der Waals surface area contributed by atoms with Crippen LogP contribution in [-0.2, 0) is 9.59 Å². The molecular formula is C46H88F6N4O2. The van der Waals surface area contributed by atoms with E-state index in [1.165, 1.54) is 154 Å². The Morgan fingerprint density at radius 3 is 0.741 bits per heavy atom. The average molecular weight is 843 g/mol. The fourth-order valence-corrected chi connectivity index (χ4v) is 7.61. The fourth-order valence-electron chi connectivity index (χ4n) is 7.61. The van der Waals surface area contributed by atoms with E-state index in [4.69, 9.17) is 0 Å². The van der Waals surface area contributed by atoms with Crippen molar-refractivity contribution in [1.82, 2.24) is 20.4 Å². The van der Waals surface area contributed by atoms with Crippen LogP contribution >= 0.6 is 0 Å². The van der Waals surface area contributed by atoms with Gasteiger partial charge in [-0.3, -0.25) is 9.59 Å². The summed E-state index contributed by atoms with van der Waals surface area (Å²) in [5.41, 5.74) is 0. The van der Waals surface area contributed by atoms with Gasteiger partial charge in [0, 0.05) is 13.1 Å². The van der Waals surface area contributed by atoms with Gasteiger partial charge in [0.1, 0.15) is 0 Å². The lowest BCUT2D eigenvalue weighted by molar-refractivity contribution is -0.173. The summed E-state index contributed by atoms with van der Waals surface area (Å²) in [5, 5.41) is 3.97. The van der Waals surface area contributed by atoms with Crippen LogP contribution in [0.15, 0.2) is 0 Å². The van der Waals surface area contributed by atoms with Gasteiger partial charge in [0.05, 0.1) is 0 Å². The van der Waals surface area contributed by atoms with Crippen molar-refractivity contribution in [3.8, 4) is 0 Å². The van der Waals surface area contributed by atoms with Gasteiger partial charge < -0.3 is 20.4 Å². The monoisotopic (exact) mass is 843 g/mol. The van der Waals surface area contributed by atoms with Crippen LogP contribution in [0.5, 0.6) is 0 Å². The molecule has 0 saturated carbocycles. The third-order valence-corrected chi connectivity index (χ3v) is 11.2. The van der Waals surface area contributed by atoms with Crippen LogP contribution in [0.1, 0.15) is 219 Å². The number of alkyl halides is 6. The molecule has 0 radical (unpaired) electrons. The first-order valence-corrected chi connectivity index (χ1v) is 24.1. The SMILES string of the molecule is CCCCCCCCCCCCCCCCN(CCCCN(CCCCCCCCCCCCCCCC)CCCNC(=O)C(F)(F)F)CCCNC(=O)C(F)(F)F. The first-order valence-electron chi connectivity index (χ1n) is 24.1. The molecule has 0 rings (SSSR count). The Labute approximate surface area is 351 Å². The standard InChI is InChI=1S/C46H88F6N4O2/c1-3-5-7-9-11-13-15-17-19-21-23-25-27-29-37-55(41-33-35-53-43(57)45(47,48)49)39-31-32-40-56(42-34-36-54-44(58)46(50,51)52)38-30-28-26-24-22-20-18-16-14-12-10-8-6-4-2/h3-42H2,1-2H3,(H,53,57)(H,54,58). The molecule has 0 aliphatic heterocycles. The largest absolute Gasteiger partial charge is 0.471 e. The number of hydrogen-bond acceptors (Lipinski definition) is 4. The summed E-state index contributed by atoms with van der Waals surface area (Å²) in [6.07, 6.45) is 28.6. The molecule has 6 nitrogen and oxygen atoms in total. The highest BCUT2D eigenvalue weighted by atomic mass is 19.4. The Morgan fingerprint density at radius 2 is 0.517 bits per heavy atom. The highest BCUT2D eigenvalue weighted by molar-refractivity contribution is 5.81. The minimum atomic E-state index is -4.88. The summed E-state index contributed by atoms with van der Waals surface area (Å²) < 4.78 is 75.9. The minimum Gasteiger partial charge on any atom is -0.348 e. The van der Waals surface area contributed by atoms with Crippen molar-refractivity contribution in [2.24, 2.45) is 0 Å². The van der Waals surface area contributed by atoms with Crippen molar-refractivity contribution in [2.75, 3.05) is 52.4 Å². The maximum Gasteiger partial charge on any atom is 0.471 e. The number of nitrogens with zero attached hydrogens (tertiary/aromatic N) is 2. The van der Waals surface area contributed by atoms with Crippen LogP contribution in [0.25, 0.3) is 0 Å². The third kappa shape index (κ3) is 38.6. The smallest absolute Gasteiger partial charge is 0.348 e. The molecule has 0 aromatic carbocycles. The Bertz CT molecular complexity index is 850.